The largest absolute Gasteiger partial charge is 0.497 e. The molecule has 30 heavy (non-hydrogen) atoms. The van der Waals surface area contributed by atoms with E-state index in [-0.39, 0.29) is 30.3 Å². The molecule has 3 rings (SSSR count). The lowest BCUT2D eigenvalue weighted by atomic mass is 10.2. The number of nitrogens with zero attached hydrogens (tertiary/aromatic N) is 1. The average molecular weight is 433 g/mol. The summed E-state index contributed by atoms with van der Waals surface area (Å²) in [5.74, 6) is -0.115. The van der Waals surface area contributed by atoms with Gasteiger partial charge in [0, 0.05) is 26.1 Å². The first-order valence-electron chi connectivity index (χ1n) is 9.39. The number of sulfonamides is 1. The predicted octanol–water partition coefficient (Wildman–Crippen LogP) is 1.48. The van der Waals surface area contributed by atoms with Crippen molar-refractivity contribution in [2.45, 2.75) is 24.3 Å². The Kier molecular flexibility index (Phi) is 6.91. The second-order valence-electron chi connectivity index (χ2n) is 6.51. The molecule has 0 aliphatic heterocycles. The van der Waals surface area contributed by atoms with Gasteiger partial charge in [-0.05, 0) is 42.8 Å². The first-order valence-corrected chi connectivity index (χ1v) is 10.9. The van der Waals surface area contributed by atoms with Crippen LogP contribution >= 0.6 is 0 Å². The van der Waals surface area contributed by atoms with Gasteiger partial charge in [-0.3, -0.25) is 9.36 Å². The van der Waals surface area contributed by atoms with Crippen LogP contribution in [0.2, 0.25) is 0 Å². The van der Waals surface area contributed by atoms with E-state index in [4.69, 9.17) is 9.15 Å². The van der Waals surface area contributed by atoms with Crippen LogP contribution in [0.25, 0.3) is 11.1 Å². The maximum atomic E-state index is 12.2. The van der Waals surface area contributed by atoms with Crippen molar-refractivity contribution in [2.75, 3.05) is 20.2 Å². The Hall–Kier alpha value is -3.11. The zero-order valence-corrected chi connectivity index (χ0v) is 17.3. The Labute approximate surface area is 173 Å². The van der Waals surface area contributed by atoms with Gasteiger partial charge in [0.05, 0.1) is 17.5 Å². The minimum Gasteiger partial charge on any atom is -0.497 e. The fourth-order valence-electron chi connectivity index (χ4n) is 2.94. The van der Waals surface area contributed by atoms with E-state index in [1.54, 1.807) is 30.3 Å². The first-order chi connectivity index (χ1) is 14.4. The van der Waals surface area contributed by atoms with Crippen LogP contribution in [0.3, 0.4) is 0 Å². The smallest absolute Gasteiger partial charge is 0.419 e. The molecule has 1 aromatic heterocycles. The first kappa shape index (κ1) is 21.6. The molecule has 9 nitrogen and oxygen atoms in total. The second-order valence-corrected chi connectivity index (χ2v) is 8.28. The summed E-state index contributed by atoms with van der Waals surface area (Å²) in [6.45, 7) is 0.572. The average Bonchev–Trinajstić information content (AvgIpc) is 3.06. The molecule has 0 aliphatic carbocycles. The Balaban J connectivity index is 1.40. The molecule has 1 amide bonds. The van der Waals surface area contributed by atoms with Crippen LogP contribution in [-0.2, 0) is 21.4 Å². The predicted molar refractivity (Wildman–Crippen MR) is 111 cm³/mol. The van der Waals surface area contributed by atoms with Crippen LogP contribution in [-0.4, -0.2) is 39.1 Å². The normalized spacial score (nSPS) is 11.5. The minimum atomic E-state index is -3.66. The van der Waals surface area contributed by atoms with Gasteiger partial charge in [0.1, 0.15) is 5.75 Å². The third-order valence-electron chi connectivity index (χ3n) is 4.47. The van der Waals surface area contributed by atoms with Gasteiger partial charge in [-0.2, -0.15) is 0 Å². The van der Waals surface area contributed by atoms with Crippen molar-refractivity contribution >= 4 is 27.0 Å². The molecule has 2 N–H and O–H groups in total. The molecule has 160 valence electrons. The molecular formula is C20H23N3O6S. The van der Waals surface area contributed by atoms with E-state index in [1.165, 1.54) is 23.8 Å². The maximum absolute atomic E-state index is 12.2. The second kappa shape index (κ2) is 9.59. The van der Waals surface area contributed by atoms with Crippen LogP contribution in [0.15, 0.2) is 62.6 Å². The summed E-state index contributed by atoms with van der Waals surface area (Å²) >= 11 is 0. The van der Waals surface area contributed by atoms with Crippen LogP contribution in [0.4, 0.5) is 0 Å². The van der Waals surface area contributed by atoms with Gasteiger partial charge in [-0.15, -0.1) is 0 Å². The van der Waals surface area contributed by atoms with Crippen molar-refractivity contribution in [1.82, 2.24) is 14.6 Å². The number of para-hydroxylation sites is 2. The number of ether oxygens (including phenoxy) is 1. The molecule has 0 atom stereocenters. The Morgan fingerprint density at radius 2 is 1.83 bits per heavy atom. The van der Waals surface area contributed by atoms with Crippen molar-refractivity contribution < 1.29 is 22.4 Å². The van der Waals surface area contributed by atoms with Gasteiger partial charge in [-0.25, -0.2) is 17.9 Å². The molecule has 0 unspecified atom stereocenters. The summed E-state index contributed by atoms with van der Waals surface area (Å²) in [5, 5.41) is 2.66. The van der Waals surface area contributed by atoms with E-state index < -0.39 is 15.8 Å². The number of rotatable bonds is 10. The molecule has 1 heterocycles. The summed E-state index contributed by atoms with van der Waals surface area (Å²) < 4.78 is 38.5. The minimum absolute atomic E-state index is 0.0614. The van der Waals surface area contributed by atoms with E-state index in [9.17, 15) is 18.0 Å². The fourth-order valence-corrected chi connectivity index (χ4v) is 3.97. The summed E-state index contributed by atoms with van der Waals surface area (Å²) in [4.78, 5) is 24.0. The Bertz CT molecular complexity index is 1170. The number of aryl methyl sites for hydroxylation is 1. The molecule has 2 aromatic carbocycles. The molecule has 0 bridgehead atoms. The van der Waals surface area contributed by atoms with Crippen LogP contribution in [0, 0.1) is 0 Å². The van der Waals surface area contributed by atoms with E-state index in [2.05, 4.69) is 10.0 Å². The highest BCUT2D eigenvalue weighted by Crippen LogP contribution is 2.15. The van der Waals surface area contributed by atoms with Crippen molar-refractivity contribution in [2.24, 2.45) is 0 Å². The number of carbonyl (C=O) groups is 1. The number of fused-ring (bicyclic) bond motifs is 1. The van der Waals surface area contributed by atoms with Crippen molar-refractivity contribution in [3.8, 4) is 5.75 Å². The molecule has 0 saturated carbocycles. The molecule has 10 heteroatoms. The number of hydrogen-bond donors (Lipinski definition) is 2. The number of oxazole rings is 1. The number of nitrogens with one attached hydrogen (secondary N) is 2. The highest BCUT2D eigenvalue weighted by molar-refractivity contribution is 7.89. The standard InChI is InChI=1S/C20H23N3O6S/c1-28-15-8-10-16(11-9-15)30(26,27)22-13-12-21-19(24)7-4-14-23-17-5-2-3-6-18(17)29-20(23)25/h2-3,5-6,8-11,22H,4,7,12-14H2,1H3,(H,21,24). The molecule has 0 radical (unpaired) electrons. The highest BCUT2D eigenvalue weighted by atomic mass is 32.2. The topological polar surface area (TPSA) is 120 Å². The number of amides is 1. The number of benzene rings is 2. The molecule has 0 fully saturated rings. The van der Waals surface area contributed by atoms with Crippen molar-refractivity contribution in [3.05, 3.63) is 59.1 Å². The van der Waals surface area contributed by atoms with Gasteiger partial charge >= 0.3 is 5.76 Å². The lowest BCUT2D eigenvalue weighted by Gasteiger charge is -2.09. The van der Waals surface area contributed by atoms with E-state index >= 15 is 0 Å². The van der Waals surface area contributed by atoms with Crippen LogP contribution in [0.5, 0.6) is 5.75 Å². The maximum Gasteiger partial charge on any atom is 0.419 e. The molecule has 0 saturated heterocycles. The number of carbonyl (C=O) groups excluding carboxylic acids is 1. The summed E-state index contributed by atoms with van der Waals surface area (Å²) in [7, 11) is -2.16. The molecule has 3 aromatic rings. The van der Waals surface area contributed by atoms with Crippen molar-refractivity contribution in [3.63, 3.8) is 0 Å². The van der Waals surface area contributed by atoms with Gasteiger partial charge in [0.25, 0.3) is 0 Å². The van der Waals surface area contributed by atoms with Crippen molar-refractivity contribution in [1.29, 1.82) is 0 Å². The van der Waals surface area contributed by atoms with E-state index in [1.807, 2.05) is 6.07 Å². The summed E-state index contributed by atoms with van der Waals surface area (Å²) in [6, 6.07) is 13.1. The van der Waals surface area contributed by atoms with Gasteiger partial charge < -0.3 is 14.5 Å². The zero-order chi connectivity index (χ0) is 21.6. The lowest BCUT2D eigenvalue weighted by Crippen LogP contribution is -2.34. The van der Waals surface area contributed by atoms with Gasteiger partial charge in [0.2, 0.25) is 15.9 Å². The van der Waals surface area contributed by atoms with Gasteiger partial charge in [-0.1, -0.05) is 12.1 Å². The Morgan fingerprint density at radius 3 is 2.57 bits per heavy atom. The van der Waals surface area contributed by atoms with Crippen LogP contribution in [0.1, 0.15) is 12.8 Å². The lowest BCUT2D eigenvalue weighted by molar-refractivity contribution is -0.121. The number of hydrogen-bond acceptors (Lipinski definition) is 6. The quantitative estimate of drug-likeness (QED) is 0.468. The summed E-state index contributed by atoms with van der Waals surface area (Å²) in [6.07, 6.45) is 0.657. The number of methoxy groups -OCH3 is 1. The van der Waals surface area contributed by atoms with Gasteiger partial charge in [0.15, 0.2) is 5.58 Å². The molecule has 0 spiro atoms. The monoisotopic (exact) mass is 433 g/mol. The SMILES string of the molecule is COc1ccc(S(=O)(=O)NCCNC(=O)CCCn2c(=O)oc3ccccc32)cc1. The van der Waals surface area contributed by atoms with E-state index in [0.29, 0.717) is 29.8 Å². The molecule has 0 aliphatic rings. The zero-order valence-electron chi connectivity index (χ0n) is 16.5. The molecular weight excluding hydrogens is 410 g/mol. The fraction of sp³-hybridized carbons (Fsp3) is 0.300. The third-order valence-corrected chi connectivity index (χ3v) is 5.95. The van der Waals surface area contributed by atoms with Crippen LogP contribution < -0.4 is 20.5 Å². The Morgan fingerprint density at radius 1 is 1.10 bits per heavy atom. The summed E-state index contributed by atoms with van der Waals surface area (Å²) in [5.41, 5.74) is 1.20. The number of aromatic nitrogens is 1. The highest BCUT2D eigenvalue weighted by Gasteiger charge is 2.13. The third kappa shape index (κ3) is 5.28. The van der Waals surface area contributed by atoms with E-state index in [0.717, 1.165) is 0 Å².